The Morgan fingerprint density at radius 3 is 2.80 bits per heavy atom. The van der Waals surface area contributed by atoms with Crippen LogP contribution in [0.2, 0.25) is 0 Å². The summed E-state index contributed by atoms with van der Waals surface area (Å²) in [6.45, 7) is 6.26. The second-order valence-electron chi connectivity index (χ2n) is 5.86. The number of ether oxygens (including phenoxy) is 1. The van der Waals surface area contributed by atoms with Gasteiger partial charge in [-0.15, -0.1) is 0 Å². The highest BCUT2D eigenvalue weighted by atomic mass is 79.9. The highest BCUT2D eigenvalue weighted by Crippen LogP contribution is 2.27. The maximum Gasteiger partial charge on any atom is 0.133 e. The van der Waals surface area contributed by atoms with Gasteiger partial charge in [0.1, 0.15) is 5.75 Å². The molecule has 3 heteroatoms. The van der Waals surface area contributed by atoms with Crippen LogP contribution in [0.1, 0.15) is 45.1 Å². The van der Waals surface area contributed by atoms with E-state index in [9.17, 15) is 0 Å². The summed E-state index contributed by atoms with van der Waals surface area (Å²) >= 11 is 3.58. The third-order valence-corrected chi connectivity index (χ3v) is 4.49. The Bertz CT molecular complexity index is 417. The SMILES string of the molecule is CCOc1ccc(CCC(C)CCNC2CC2)cc1Br. The van der Waals surface area contributed by atoms with E-state index in [2.05, 4.69) is 46.4 Å². The van der Waals surface area contributed by atoms with Crippen molar-refractivity contribution >= 4 is 15.9 Å². The van der Waals surface area contributed by atoms with Crippen LogP contribution < -0.4 is 10.1 Å². The topological polar surface area (TPSA) is 21.3 Å². The first-order valence-electron chi connectivity index (χ1n) is 7.83. The van der Waals surface area contributed by atoms with Crippen molar-refractivity contribution in [3.63, 3.8) is 0 Å². The molecule has 0 spiro atoms. The first-order valence-corrected chi connectivity index (χ1v) is 8.63. The molecule has 1 saturated carbocycles. The molecule has 1 unspecified atom stereocenters. The monoisotopic (exact) mass is 339 g/mol. The van der Waals surface area contributed by atoms with Crippen LogP contribution in [-0.2, 0) is 6.42 Å². The van der Waals surface area contributed by atoms with Crippen LogP contribution in [0.25, 0.3) is 0 Å². The number of hydrogen-bond acceptors (Lipinski definition) is 2. The van der Waals surface area contributed by atoms with Gasteiger partial charge in [0, 0.05) is 6.04 Å². The van der Waals surface area contributed by atoms with E-state index in [0.29, 0.717) is 6.61 Å². The maximum absolute atomic E-state index is 5.54. The van der Waals surface area contributed by atoms with Gasteiger partial charge in [-0.05, 0) is 85.1 Å². The van der Waals surface area contributed by atoms with E-state index in [4.69, 9.17) is 4.74 Å². The van der Waals surface area contributed by atoms with E-state index in [1.807, 2.05) is 6.92 Å². The molecular formula is C17H26BrNO. The molecule has 20 heavy (non-hydrogen) atoms. The molecule has 1 N–H and O–H groups in total. The molecule has 0 aromatic heterocycles. The fourth-order valence-corrected chi connectivity index (χ4v) is 2.89. The van der Waals surface area contributed by atoms with Crippen molar-refractivity contribution in [3.8, 4) is 5.75 Å². The minimum Gasteiger partial charge on any atom is -0.493 e. The standard InChI is InChI=1S/C17H26BrNO/c1-3-20-17-9-6-14(12-16(17)18)5-4-13(2)10-11-19-15-7-8-15/h6,9,12-13,15,19H,3-5,7-8,10-11H2,1-2H3. The molecular weight excluding hydrogens is 314 g/mol. The number of hydrogen-bond donors (Lipinski definition) is 1. The molecule has 1 aliphatic carbocycles. The van der Waals surface area contributed by atoms with Gasteiger partial charge in [-0.1, -0.05) is 13.0 Å². The minimum absolute atomic E-state index is 0.711. The predicted octanol–water partition coefficient (Wildman–Crippen LogP) is 4.56. The predicted molar refractivity (Wildman–Crippen MR) is 88.4 cm³/mol. The van der Waals surface area contributed by atoms with E-state index in [0.717, 1.165) is 28.6 Å². The van der Waals surface area contributed by atoms with E-state index < -0.39 is 0 Å². The lowest BCUT2D eigenvalue weighted by atomic mass is 9.98. The summed E-state index contributed by atoms with van der Waals surface area (Å²) in [5.74, 6) is 1.73. The highest BCUT2D eigenvalue weighted by molar-refractivity contribution is 9.10. The zero-order valence-electron chi connectivity index (χ0n) is 12.6. The van der Waals surface area contributed by atoms with Gasteiger partial charge in [0.05, 0.1) is 11.1 Å². The molecule has 1 aliphatic rings. The fourth-order valence-electron chi connectivity index (χ4n) is 2.35. The molecule has 2 rings (SSSR count). The lowest BCUT2D eigenvalue weighted by molar-refractivity contribution is 0.338. The third-order valence-electron chi connectivity index (χ3n) is 3.87. The van der Waals surface area contributed by atoms with E-state index in [1.54, 1.807) is 0 Å². The van der Waals surface area contributed by atoms with Gasteiger partial charge >= 0.3 is 0 Å². The van der Waals surface area contributed by atoms with Crippen LogP contribution in [0.3, 0.4) is 0 Å². The van der Waals surface area contributed by atoms with Gasteiger partial charge in [-0.3, -0.25) is 0 Å². The maximum atomic E-state index is 5.54. The van der Waals surface area contributed by atoms with Crippen molar-refractivity contribution in [3.05, 3.63) is 28.2 Å². The zero-order chi connectivity index (χ0) is 14.4. The molecule has 0 heterocycles. The summed E-state index contributed by atoms with van der Waals surface area (Å²) in [6, 6.07) is 7.29. The van der Waals surface area contributed by atoms with Gasteiger partial charge in [0.15, 0.2) is 0 Å². The van der Waals surface area contributed by atoms with Crippen molar-refractivity contribution in [2.75, 3.05) is 13.2 Å². The summed E-state index contributed by atoms with van der Waals surface area (Å²) in [6.07, 6.45) is 6.46. The molecule has 0 aliphatic heterocycles. The Kier molecular flexibility index (Phi) is 6.37. The Morgan fingerprint density at radius 1 is 1.35 bits per heavy atom. The van der Waals surface area contributed by atoms with E-state index in [-0.39, 0.29) is 0 Å². The average molecular weight is 340 g/mol. The molecule has 2 nitrogen and oxygen atoms in total. The summed E-state index contributed by atoms with van der Waals surface area (Å²) in [5, 5.41) is 3.59. The minimum atomic E-state index is 0.711. The van der Waals surface area contributed by atoms with Crippen LogP contribution >= 0.6 is 15.9 Å². The molecule has 0 bridgehead atoms. The number of halogens is 1. The van der Waals surface area contributed by atoms with Crippen molar-refractivity contribution in [1.82, 2.24) is 5.32 Å². The Labute approximate surface area is 131 Å². The summed E-state index contributed by atoms with van der Waals surface area (Å²) in [7, 11) is 0. The number of benzene rings is 1. The second-order valence-corrected chi connectivity index (χ2v) is 6.71. The number of rotatable bonds is 9. The molecule has 1 aromatic carbocycles. The van der Waals surface area contributed by atoms with Crippen LogP contribution in [0.5, 0.6) is 5.75 Å². The Balaban J connectivity index is 1.70. The molecule has 0 amide bonds. The van der Waals surface area contributed by atoms with Crippen molar-refractivity contribution in [2.45, 2.75) is 52.0 Å². The number of aryl methyl sites for hydroxylation is 1. The van der Waals surface area contributed by atoms with Gasteiger partial charge in [0.2, 0.25) is 0 Å². The number of nitrogens with one attached hydrogen (secondary N) is 1. The Morgan fingerprint density at radius 2 is 2.15 bits per heavy atom. The molecule has 0 radical (unpaired) electrons. The molecule has 1 atom stereocenters. The zero-order valence-corrected chi connectivity index (χ0v) is 14.2. The van der Waals surface area contributed by atoms with E-state index in [1.165, 1.54) is 37.8 Å². The fraction of sp³-hybridized carbons (Fsp3) is 0.647. The van der Waals surface area contributed by atoms with Crippen LogP contribution in [-0.4, -0.2) is 19.2 Å². The lowest BCUT2D eigenvalue weighted by Crippen LogP contribution is -2.19. The largest absolute Gasteiger partial charge is 0.493 e. The summed E-state index contributed by atoms with van der Waals surface area (Å²) in [5.41, 5.74) is 1.39. The van der Waals surface area contributed by atoms with Crippen LogP contribution in [0.4, 0.5) is 0 Å². The van der Waals surface area contributed by atoms with Gasteiger partial charge in [0.25, 0.3) is 0 Å². The van der Waals surface area contributed by atoms with Crippen molar-refractivity contribution in [2.24, 2.45) is 5.92 Å². The quantitative estimate of drug-likeness (QED) is 0.712. The van der Waals surface area contributed by atoms with Crippen molar-refractivity contribution < 1.29 is 4.74 Å². The summed E-state index contributed by atoms with van der Waals surface area (Å²) < 4.78 is 6.61. The normalized spacial score (nSPS) is 16.1. The van der Waals surface area contributed by atoms with Crippen molar-refractivity contribution in [1.29, 1.82) is 0 Å². The van der Waals surface area contributed by atoms with Gasteiger partial charge in [-0.2, -0.15) is 0 Å². The lowest BCUT2D eigenvalue weighted by Gasteiger charge is -2.13. The summed E-state index contributed by atoms with van der Waals surface area (Å²) in [4.78, 5) is 0. The van der Waals surface area contributed by atoms with E-state index >= 15 is 0 Å². The molecule has 0 saturated heterocycles. The first-order chi connectivity index (χ1) is 9.69. The van der Waals surface area contributed by atoms with Gasteiger partial charge in [-0.25, -0.2) is 0 Å². The third kappa shape index (κ3) is 5.45. The van der Waals surface area contributed by atoms with Crippen LogP contribution in [0, 0.1) is 5.92 Å². The average Bonchev–Trinajstić information content (AvgIpc) is 3.23. The van der Waals surface area contributed by atoms with Crippen LogP contribution in [0.15, 0.2) is 22.7 Å². The first kappa shape index (κ1) is 15.8. The highest BCUT2D eigenvalue weighted by Gasteiger charge is 2.19. The molecule has 1 fully saturated rings. The van der Waals surface area contributed by atoms with Gasteiger partial charge < -0.3 is 10.1 Å². The smallest absolute Gasteiger partial charge is 0.133 e. The Hall–Kier alpha value is -0.540. The molecule has 112 valence electrons. The second kappa shape index (κ2) is 8.04. The molecule has 1 aromatic rings.